The molecule has 2 fully saturated rings. The largest absolute Gasteiger partial charge is 0.398 e. The van der Waals surface area contributed by atoms with Crippen LogP contribution in [0.15, 0.2) is 26.0 Å². The Bertz CT molecular complexity index is 613. The maximum absolute atomic E-state index is 12.8. The third-order valence-electron chi connectivity index (χ3n) is 4.33. The molecule has 1 aliphatic carbocycles. The van der Waals surface area contributed by atoms with Crippen LogP contribution in [0, 0.1) is 11.8 Å². The molecule has 110 valence electrons. The van der Waals surface area contributed by atoms with Gasteiger partial charge in [0.05, 0.1) is 5.69 Å². The summed E-state index contributed by atoms with van der Waals surface area (Å²) in [5, 5.41) is 0. The Morgan fingerprint density at radius 1 is 1.15 bits per heavy atom. The molecule has 2 unspecified atom stereocenters. The number of hydrogen-bond donors (Lipinski definition) is 1. The molecular weight excluding hydrogens is 408 g/mol. The van der Waals surface area contributed by atoms with Crippen LogP contribution in [0.2, 0.25) is 0 Å². The molecule has 20 heavy (non-hydrogen) atoms. The average Bonchev–Trinajstić information content (AvgIpc) is 2.85. The lowest BCUT2D eigenvalue weighted by molar-refractivity contribution is 0.445. The van der Waals surface area contributed by atoms with Crippen molar-refractivity contribution in [1.82, 2.24) is 4.31 Å². The molecule has 3 rings (SSSR count). The lowest BCUT2D eigenvalue weighted by atomic mass is 10.0. The second-order valence-electron chi connectivity index (χ2n) is 5.58. The Balaban J connectivity index is 1.97. The van der Waals surface area contributed by atoms with Gasteiger partial charge in [-0.15, -0.1) is 0 Å². The van der Waals surface area contributed by atoms with E-state index in [4.69, 9.17) is 5.73 Å². The molecule has 1 aliphatic heterocycles. The highest BCUT2D eigenvalue weighted by molar-refractivity contribution is 9.11. The van der Waals surface area contributed by atoms with E-state index in [1.165, 1.54) is 6.42 Å². The van der Waals surface area contributed by atoms with Crippen LogP contribution in [0.1, 0.15) is 19.3 Å². The third-order valence-corrected chi connectivity index (χ3v) is 7.62. The lowest BCUT2D eigenvalue weighted by Crippen LogP contribution is -2.30. The molecule has 1 saturated carbocycles. The molecule has 0 amide bonds. The molecule has 0 aromatic heterocycles. The zero-order valence-corrected chi connectivity index (χ0v) is 14.8. The van der Waals surface area contributed by atoms with Crippen molar-refractivity contribution in [3.8, 4) is 0 Å². The first kappa shape index (κ1) is 14.8. The predicted molar refractivity (Wildman–Crippen MR) is 85.8 cm³/mol. The van der Waals surface area contributed by atoms with Gasteiger partial charge < -0.3 is 5.73 Å². The number of benzene rings is 1. The van der Waals surface area contributed by atoms with Gasteiger partial charge in [0.1, 0.15) is 4.90 Å². The van der Waals surface area contributed by atoms with Crippen LogP contribution in [-0.4, -0.2) is 25.8 Å². The fourth-order valence-electron chi connectivity index (χ4n) is 3.37. The highest BCUT2D eigenvalue weighted by Crippen LogP contribution is 2.42. The molecule has 1 aromatic rings. The normalized spacial score (nSPS) is 26.9. The number of fused-ring (bicyclic) bond motifs is 1. The van der Waals surface area contributed by atoms with Gasteiger partial charge in [-0.05, 0) is 52.7 Å². The van der Waals surface area contributed by atoms with E-state index in [1.807, 2.05) is 0 Å². The van der Waals surface area contributed by atoms with Crippen LogP contribution < -0.4 is 5.73 Å². The summed E-state index contributed by atoms with van der Waals surface area (Å²) in [5.74, 6) is 1.06. The van der Waals surface area contributed by atoms with E-state index in [0.29, 0.717) is 29.4 Å². The first-order chi connectivity index (χ1) is 9.39. The number of nitrogens with two attached hydrogens (primary N) is 1. The van der Waals surface area contributed by atoms with Crippen molar-refractivity contribution in [2.45, 2.75) is 24.2 Å². The smallest absolute Gasteiger partial charge is 0.246 e. The summed E-state index contributed by atoms with van der Waals surface area (Å²) in [4.78, 5) is 0.195. The first-order valence-corrected chi connectivity index (χ1v) is 9.67. The van der Waals surface area contributed by atoms with Gasteiger partial charge >= 0.3 is 0 Å². The molecule has 0 spiro atoms. The molecule has 4 nitrogen and oxygen atoms in total. The SMILES string of the molecule is Nc1cc(Br)cc(Br)c1S(=O)(=O)N1CC2CCCC2C1. The predicted octanol–water partition coefficient (Wildman–Crippen LogP) is 3.21. The second kappa shape index (κ2) is 5.26. The zero-order valence-electron chi connectivity index (χ0n) is 10.9. The average molecular weight is 424 g/mol. The molecule has 0 radical (unpaired) electrons. The molecule has 2 N–H and O–H groups in total. The molecule has 1 heterocycles. The van der Waals surface area contributed by atoms with E-state index < -0.39 is 10.0 Å². The molecule has 0 bridgehead atoms. The van der Waals surface area contributed by atoms with E-state index in [9.17, 15) is 8.42 Å². The monoisotopic (exact) mass is 422 g/mol. The standard InChI is InChI=1S/C13H16Br2N2O2S/c14-10-4-11(15)13(12(16)5-10)20(18,19)17-6-8-2-1-3-9(8)7-17/h4-5,8-9H,1-3,6-7,16H2. The topological polar surface area (TPSA) is 63.4 Å². The zero-order chi connectivity index (χ0) is 14.5. The number of anilines is 1. The maximum Gasteiger partial charge on any atom is 0.246 e. The van der Waals surface area contributed by atoms with Crippen LogP contribution in [0.25, 0.3) is 0 Å². The Morgan fingerprint density at radius 3 is 2.30 bits per heavy atom. The summed E-state index contributed by atoms with van der Waals surface area (Å²) < 4.78 is 28.5. The van der Waals surface area contributed by atoms with Crippen molar-refractivity contribution in [3.05, 3.63) is 21.1 Å². The molecule has 1 aromatic carbocycles. The van der Waals surface area contributed by atoms with Crippen molar-refractivity contribution in [2.24, 2.45) is 11.8 Å². The number of nitrogen functional groups attached to an aromatic ring is 1. The minimum atomic E-state index is -3.52. The van der Waals surface area contributed by atoms with Crippen LogP contribution in [0.3, 0.4) is 0 Å². The molecular formula is C13H16Br2N2O2S. The highest BCUT2D eigenvalue weighted by atomic mass is 79.9. The van der Waals surface area contributed by atoms with Crippen molar-refractivity contribution < 1.29 is 8.42 Å². The molecule has 7 heteroatoms. The van der Waals surface area contributed by atoms with Crippen LogP contribution in [-0.2, 0) is 10.0 Å². The fraction of sp³-hybridized carbons (Fsp3) is 0.538. The fourth-order valence-corrected chi connectivity index (χ4v) is 6.94. The molecule has 2 aliphatic rings. The van der Waals surface area contributed by atoms with Gasteiger partial charge in [0.25, 0.3) is 0 Å². The second-order valence-corrected chi connectivity index (χ2v) is 9.22. The minimum absolute atomic E-state index is 0.195. The summed E-state index contributed by atoms with van der Waals surface area (Å²) in [5.41, 5.74) is 6.21. The van der Waals surface area contributed by atoms with Gasteiger partial charge in [0.2, 0.25) is 10.0 Å². The van der Waals surface area contributed by atoms with E-state index in [1.54, 1.807) is 16.4 Å². The van der Waals surface area contributed by atoms with Crippen molar-refractivity contribution >= 4 is 47.6 Å². The third kappa shape index (κ3) is 2.42. The van der Waals surface area contributed by atoms with E-state index in [0.717, 1.165) is 17.3 Å². The number of nitrogens with zero attached hydrogens (tertiary/aromatic N) is 1. The highest BCUT2D eigenvalue weighted by Gasteiger charge is 2.42. The number of sulfonamides is 1. The summed E-state index contributed by atoms with van der Waals surface area (Å²) in [7, 11) is -3.52. The molecule has 1 saturated heterocycles. The van der Waals surface area contributed by atoms with Crippen molar-refractivity contribution in [1.29, 1.82) is 0 Å². The van der Waals surface area contributed by atoms with Crippen LogP contribution in [0.5, 0.6) is 0 Å². The van der Waals surface area contributed by atoms with E-state index in [2.05, 4.69) is 31.9 Å². The van der Waals surface area contributed by atoms with Gasteiger partial charge in [0.15, 0.2) is 0 Å². The van der Waals surface area contributed by atoms with Gasteiger partial charge in [-0.1, -0.05) is 22.4 Å². The van der Waals surface area contributed by atoms with Crippen LogP contribution >= 0.6 is 31.9 Å². The summed E-state index contributed by atoms with van der Waals surface area (Å²) >= 11 is 6.64. The van der Waals surface area contributed by atoms with E-state index in [-0.39, 0.29) is 10.6 Å². The lowest BCUT2D eigenvalue weighted by Gasteiger charge is -2.19. The van der Waals surface area contributed by atoms with Gasteiger partial charge in [-0.3, -0.25) is 0 Å². The summed E-state index contributed by atoms with van der Waals surface area (Å²) in [6, 6.07) is 3.36. The Kier molecular flexibility index (Phi) is 3.90. The Labute approximate surface area is 136 Å². The van der Waals surface area contributed by atoms with E-state index >= 15 is 0 Å². The van der Waals surface area contributed by atoms with Gasteiger partial charge in [-0.25, -0.2) is 8.42 Å². The maximum atomic E-state index is 12.8. The number of hydrogen-bond acceptors (Lipinski definition) is 3. The quantitative estimate of drug-likeness (QED) is 0.742. The van der Waals surface area contributed by atoms with Crippen molar-refractivity contribution in [3.63, 3.8) is 0 Å². The first-order valence-electron chi connectivity index (χ1n) is 6.64. The Hall–Kier alpha value is -0.110. The number of halogens is 2. The van der Waals surface area contributed by atoms with Gasteiger partial charge in [0, 0.05) is 22.0 Å². The Morgan fingerprint density at radius 2 is 1.75 bits per heavy atom. The van der Waals surface area contributed by atoms with Gasteiger partial charge in [-0.2, -0.15) is 4.31 Å². The summed E-state index contributed by atoms with van der Waals surface area (Å²) in [6.45, 7) is 1.27. The molecule has 2 atom stereocenters. The number of rotatable bonds is 2. The van der Waals surface area contributed by atoms with Crippen LogP contribution in [0.4, 0.5) is 5.69 Å². The summed E-state index contributed by atoms with van der Waals surface area (Å²) in [6.07, 6.45) is 3.52. The van der Waals surface area contributed by atoms with Crippen molar-refractivity contribution in [2.75, 3.05) is 18.8 Å². The minimum Gasteiger partial charge on any atom is -0.398 e.